The van der Waals surface area contributed by atoms with E-state index in [1.807, 2.05) is 12.4 Å². The van der Waals surface area contributed by atoms with E-state index in [2.05, 4.69) is 17.1 Å². The highest BCUT2D eigenvalue weighted by Gasteiger charge is 1.96. The molecule has 0 aromatic heterocycles. The molecular weight excluding hydrogens is 88.1 g/mol. The van der Waals surface area contributed by atoms with E-state index in [9.17, 15) is 0 Å². The first-order valence-corrected chi connectivity index (χ1v) is 2.44. The molecule has 0 bridgehead atoms. The second-order valence-corrected chi connectivity index (χ2v) is 1.78. The van der Waals surface area contributed by atoms with Gasteiger partial charge in [0.1, 0.15) is 0 Å². The normalized spacial score (nSPS) is 28.4. The molecule has 0 amide bonds. The van der Waals surface area contributed by atoms with Crippen molar-refractivity contribution < 1.29 is 0 Å². The quantitative estimate of drug-likeness (QED) is 0.431. The monoisotopic (exact) mass is 96.1 g/mol. The van der Waals surface area contributed by atoms with Crippen LogP contribution < -0.4 is 0 Å². The zero-order valence-corrected chi connectivity index (χ0v) is 4.33. The highest BCUT2D eigenvalue weighted by molar-refractivity contribution is 5.71. The molecule has 1 aliphatic rings. The van der Waals surface area contributed by atoms with Gasteiger partial charge in [-0.25, -0.2) is 0 Å². The average Bonchev–Trinajstić information content (AvgIpc) is 1.69. The summed E-state index contributed by atoms with van der Waals surface area (Å²) in [5.41, 5.74) is 0. The second-order valence-electron chi connectivity index (χ2n) is 1.78. The van der Waals surface area contributed by atoms with Gasteiger partial charge in [-0.1, -0.05) is 6.92 Å². The molecule has 0 N–H and O–H groups in total. The van der Waals surface area contributed by atoms with E-state index in [4.69, 9.17) is 0 Å². The van der Waals surface area contributed by atoms with Crippen molar-refractivity contribution in [1.82, 2.24) is 0 Å². The highest BCUT2D eigenvalue weighted by atomic mass is 15.2. The summed E-state index contributed by atoms with van der Waals surface area (Å²) in [7, 11) is 0. The van der Waals surface area contributed by atoms with Crippen LogP contribution in [0.25, 0.3) is 0 Å². The van der Waals surface area contributed by atoms with Gasteiger partial charge in [0.2, 0.25) is 0 Å². The molecule has 38 valence electrons. The number of hydrogen-bond donors (Lipinski definition) is 0. The summed E-state index contributed by atoms with van der Waals surface area (Å²) >= 11 is 0. The van der Waals surface area contributed by atoms with Crippen LogP contribution in [0.15, 0.2) is 10.2 Å². The van der Waals surface area contributed by atoms with E-state index in [0.717, 1.165) is 6.42 Å². The first kappa shape index (κ1) is 4.50. The fourth-order valence-electron chi connectivity index (χ4n) is 0.474. The molecule has 2 heteroatoms. The van der Waals surface area contributed by atoms with Gasteiger partial charge >= 0.3 is 0 Å². The lowest BCUT2D eigenvalue weighted by molar-refractivity contribution is 0.822. The Labute approximate surface area is 43.0 Å². The van der Waals surface area contributed by atoms with Gasteiger partial charge in [-0.05, 0) is 12.3 Å². The molecule has 2 nitrogen and oxygen atoms in total. The van der Waals surface area contributed by atoms with Crippen LogP contribution in [-0.2, 0) is 0 Å². The molecular formula is C5H8N2. The molecule has 1 unspecified atom stereocenters. The third kappa shape index (κ3) is 1.11. The van der Waals surface area contributed by atoms with E-state index in [0.29, 0.717) is 5.92 Å². The summed E-state index contributed by atoms with van der Waals surface area (Å²) in [5, 5.41) is 7.37. The van der Waals surface area contributed by atoms with Crippen LogP contribution in [0, 0.1) is 5.92 Å². The minimum absolute atomic E-state index is 0.595. The number of rotatable bonds is 0. The molecule has 0 aromatic carbocycles. The molecule has 1 aliphatic heterocycles. The van der Waals surface area contributed by atoms with Crippen molar-refractivity contribution in [1.29, 1.82) is 0 Å². The average molecular weight is 96.1 g/mol. The van der Waals surface area contributed by atoms with Crippen molar-refractivity contribution in [3.8, 4) is 0 Å². The summed E-state index contributed by atoms with van der Waals surface area (Å²) < 4.78 is 0. The SMILES string of the molecule is CC1C=NN=CC1. The summed E-state index contributed by atoms with van der Waals surface area (Å²) in [5.74, 6) is 0.595. The number of hydrogen-bond acceptors (Lipinski definition) is 2. The molecule has 0 aliphatic carbocycles. The maximum absolute atomic E-state index is 3.70. The lowest BCUT2D eigenvalue weighted by Crippen LogP contribution is -1.99. The third-order valence-corrected chi connectivity index (χ3v) is 0.947. The molecule has 1 atom stereocenters. The van der Waals surface area contributed by atoms with Crippen molar-refractivity contribution in [2.45, 2.75) is 13.3 Å². The molecule has 1 rings (SSSR count). The van der Waals surface area contributed by atoms with Crippen LogP contribution in [0.1, 0.15) is 13.3 Å². The predicted octanol–water partition coefficient (Wildman–Crippen LogP) is 1.08. The van der Waals surface area contributed by atoms with Crippen molar-refractivity contribution in [3.05, 3.63) is 0 Å². The van der Waals surface area contributed by atoms with E-state index in [1.165, 1.54) is 0 Å². The summed E-state index contributed by atoms with van der Waals surface area (Å²) in [6.07, 6.45) is 4.74. The topological polar surface area (TPSA) is 24.7 Å². The van der Waals surface area contributed by atoms with Gasteiger partial charge in [0.05, 0.1) is 0 Å². The maximum Gasteiger partial charge on any atom is 0.0302 e. The zero-order valence-electron chi connectivity index (χ0n) is 4.33. The fourth-order valence-corrected chi connectivity index (χ4v) is 0.474. The molecule has 0 fully saturated rings. The van der Waals surface area contributed by atoms with Crippen molar-refractivity contribution in [2.75, 3.05) is 0 Å². The summed E-state index contributed by atoms with van der Waals surface area (Å²) in [4.78, 5) is 0. The molecule has 0 aromatic rings. The molecule has 0 spiro atoms. The lowest BCUT2D eigenvalue weighted by Gasteiger charge is -1.99. The van der Waals surface area contributed by atoms with E-state index in [-0.39, 0.29) is 0 Å². The Morgan fingerprint density at radius 1 is 1.57 bits per heavy atom. The summed E-state index contributed by atoms with van der Waals surface area (Å²) in [6, 6.07) is 0. The van der Waals surface area contributed by atoms with Crippen LogP contribution in [0.4, 0.5) is 0 Å². The van der Waals surface area contributed by atoms with Gasteiger partial charge < -0.3 is 0 Å². The van der Waals surface area contributed by atoms with Gasteiger partial charge in [-0.15, -0.1) is 0 Å². The first-order valence-electron chi connectivity index (χ1n) is 2.44. The van der Waals surface area contributed by atoms with Gasteiger partial charge in [-0.2, -0.15) is 10.2 Å². The Hall–Kier alpha value is -0.660. The maximum atomic E-state index is 3.70. The molecule has 1 heterocycles. The lowest BCUT2D eigenvalue weighted by atomic mass is 10.1. The fraction of sp³-hybridized carbons (Fsp3) is 0.600. The summed E-state index contributed by atoms with van der Waals surface area (Å²) in [6.45, 7) is 2.12. The largest absolute Gasteiger partial charge is 0.164 e. The minimum Gasteiger partial charge on any atom is -0.164 e. The standard InChI is InChI=1S/C5H8N2/c1-5-2-3-6-7-4-5/h3-5H,2H2,1H3. The minimum atomic E-state index is 0.595. The van der Waals surface area contributed by atoms with Crippen molar-refractivity contribution in [2.24, 2.45) is 16.1 Å². The Morgan fingerprint density at radius 3 is 2.71 bits per heavy atom. The molecule has 0 saturated carbocycles. The van der Waals surface area contributed by atoms with Crippen LogP contribution in [0.5, 0.6) is 0 Å². The van der Waals surface area contributed by atoms with E-state index < -0.39 is 0 Å². The van der Waals surface area contributed by atoms with Gasteiger partial charge in [0.15, 0.2) is 0 Å². The zero-order chi connectivity index (χ0) is 5.11. The number of nitrogens with zero attached hydrogens (tertiary/aromatic N) is 2. The van der Waals surface area contributed by atoms with Crippen molar-refractivity contribution in [3.63, 3.8) is 0 Å². The molecule has 7 heavy (non-hydrogen) atoms. The van der Waals surface area contributed by atoms with Crippen LogP contribution in [-0.4, -0.2) is 12.4 Å². The Bertz CT molecular complexity index is 105. The Balaban J connectivity index is 2.49. The Kier molecular flexibility index (Phi) is 1.20. The first-order chi connectivity index (χ1) is 3.39. The van der Waals surface area contributed by atoms with E-state index >= 15 is 0 Å². The Morgan fingerprint density at radius 2 is 2.43 bits per heavy atom. The van der Waals surface area contributed by atoms with E-state index in [1.54, 1.807) is 0 Å². The van der Waals surface area contributed by atoms with Crippen LogP contribution in [0.2, 0.25) is 0 Å². The highest BCUT2D eigenvalue weighted by Crippen LogP contribution is 1.98. The van der Waals surface area contributed by atoms with Crippen molar-refractivity contribution >= 4 is 12.4 Å². The van der Waals surface area contributed by atoms with Gasteiger partial charge in [0, 0.05) is 12.4 Å². The van der Waals surface area contributed by atoms with Gasteiger partial charge in [-0.3, -0.25) is 0 Å². The third-order valence-electron chi connectivity index (χ3n) is 0.947. The predicted molar refractivity (Wildman–Crippen MR) is 30.8 cm³/mol. The molecule has 0 radical (unpaired) electrons. The van der Waals surface area contributed by atoms with Crippen LogP contribution >= 0.6 is 0 Å². The second kappa shape index (κ2) is 1.87. The van der Waals surface area contributed by atoms with Crippen LogP contribution in [0.3, 0.4) is 0 Å². The van der Waals surface area contributed by atoms with Gasteiger partial charge in [0.25, 0.3) is 0 Å². The molecule has 0 saturated heterocycles. The smallest absolute Gasteiger partial charge is 0.0302 e.